The predicted molar refractivity (Wildman–Crippen MR) is 62.2 cm³/mol. The first-order valence-electron chi connectivity index (χ1n) is 4.53. The molecule has 15 heavy (non-hydrogen) atoms. The molecule has 0 aliphatic heterocycles. The van der Waals surface area contributed by atoms with Crippen molar-refractivity contribution in [3.63, 3.8) is 0 Å². The number of aliphatic hydroxyl groups excluding tert-OH is 1. The first kappa shape index (κ1) is 11.9. The van der Waals surface area contributed by atoms with Crippen molar-refractivity contribution in [2.24, 2.45) is 10.9 Å². The summed E-state index contributed by atoms with van der Waals surface area (Å²) < 4.78 is 0. The van der Waals surface area contributed by atoms with E-state index in [2.05, 4.69) is 5.16 Å². The van der Waals surface area contributed by atoms with Crippen LogP contribution < -0.4 is 5.73 Å². The van der Waals surface area contributed by atoms with Gasteiger partial charge < -0.3 is 16.0 Å². The van der Waals surface area contributed by atoms with E-state index in [1.807, 2.05) is 24.3 Å². The van der Waals surface area contributed by atoms with E-state index in [9.17, 15) is 0 Å². The van der Waals surface area contributed by atoms with Gasteiger partial charge in [-0.15, -0.1) is 0 Å². The van der Waals surface area contributed by atoms with Crippen LogP contribution in [0.25, 0.3) is 0 Å². The van der Waals surface area contributed by atoms with E-state index in [0.717, 1.165) is 17.1 Å². The van der Waals surface area contributed by atoms with Gasteiger partial charge in [-0.05, 0) is 5.56 Å². The Morgan fingerprint density at radius 2 is 2.00 bits per heavy atom. The Balaban J connectivity index is 2.56. The second kappa shape index (κ2) is 6.31. The maximum atomic E-state index is 8.61. The average Bonchev–Trinajstić information content (AvgIpc) is 2.29. The Bertz CT molecular complexity index is 325. The van der Waals surface area contributed by atoms with Crippen LogP contribution in [-0.4, -0.2) is 28.5 Å². The molecule has 4 nitrogen and oxygen atoms in total. The van der Waals surface area contributed by atoms with Gasteiger partial charge in [-0.25, -0.2) is 0 Å². The first-order chi connectivity index (χ1) is 7.27. The van der Waals surface area contributed by atoms with Crippen molar-refractivity contribution in [1.82, 2.24) is 0 Å². The third kappa shape index (κ3) is 3.81. The number of aliphatic hydroxyl groups is 1. The van der Waals surface area contributed by atoms with Gasteiger partial charge in [0.25, 0.3) is 0 Å². The first-order valence-corrected chi connectivity index (χ1v) is 5.69. The molecule has 1 rings (SSSR count). The molecule has 0 radical (unpaired) electrons. The lowest BCUT2D eigenvalue weighted by Crippen LogP contribution is -2.12. The van der Waals surface area contributed by atoms with Crippen molar-refractivity contribution >= 4 is 17.6 Å². The van der Waals surface area contributed by atoms with Crippen molar-refractivity contribution in [2.45, 2.75) is 5.75 Å². The van der Waals surface area contributed by atoms with Gasteiger partial charge in [0.2, 0.25) is 0 Å². The number of oxime groups is 1. The van der Waals surface area contributed by atoms with Gasteiger partial charge >= 0.3 is 0 Å². The lowest BCUT2D eigenvalue weighted by Gasteiger charge is -2.02. The summed E-state index contributed by atoms with van der Waals surface area (Å²) in [7, 11) is 0. The van der Waals surface area contributed by atoms with Gasteiger partial charge in [0.15, 0.2) is 5.84 Å². The molecule has 0 aliphatic carbocycles. The minimum absolute atomic E-state index is 0.115. The Morgan fingerprint density at radius 1 is 1.33 bits per heavy atom. The van der Waals surface area contributed by atoms with Crippen molar-refractivity contribution < 1.29 is 10.3 Å². The highest BCUT2D eigenvalue weighted by Gasteiger charge is 1.98. The molecule has 0 aliphatic rings. The molecule has 1 aromatic carbocycles. The third-order valence-electron chi connectivity index (χ3n) is 1.86. The quantitative estimate of drug-likeness (QED) is 0.230. The van der Waals surface area contributed by atoms with Gasteiger partial charge in [0.05, 0.1) is 6.61 Å². The van der Waals surface area contributed by atoms with Crippen LogP contribution in [0.15, 0.2) is 29.4 Å². The molecular formula is C10H14N2O2S. The molecule has 0 saturated carbocycles. The Hall–Kier alpha value is -1.20. The van der Waals surface area contributed by atoms with Crippen LogP contribution in [0, 0.1) is 0 Å². The molecule has 5 heteroatoms. The monoisotopic (exact) mass is 226 g/mol. The van der Waals surface area contributed by atoms with Crippen LogP contribution in [0.2, 0.25) is 0 Å². The van der Waals surface area contributed by atoms with E-state index in [1.54, 1.807) is 11.8 Å². The van der Waals surface area contributed by atoms with Gasteiger partial charge in [-0.3, -0.25) is 0 Å². The van der Waals surface area contributed by atoms with Crippen LogP contribution in [-0.2, 0) is 5.75 Å². The molecule has 0 aromatic heterocycles. The molecule has 0 amide bonds. The molecule has 82 valence electrons. The number of nitrogens with zero attached hydrogens (tertiary/aromatic N) is 1. The molecule has 0 saturated heterocycles. The summed E-state index contributed by atoms with van der Waals surface area (Å²) in [6.45, 7) is 0.201. The van der Waals surface area contributed by atoms with E-state index >= 15 is 0 Å². The summed E-state index contributed by atoms with van der Waals surface area (Å²) in [5.41, 5.74) is 7.29. The lowest BCUT2D eigenvalue weighted by atomic mass is 10.1. The van der Waals surface area contributed by atoms with Crippen LogP contribution in [0.4, 0.5) is 0 Å². The van der Waals surface area contributed by atoms with Gasteiger partial charge in [0.1, 0.15) is 0 Å². The molecular weight excluding hydrogens is 212 g/mol. The second-order valence-corrected chi connectivity index (χ2v) is 4.06. The Labute approximate surface area is 92.8 Å². The van der Waals surface area contributed by atoms with E-state index in [1.165, 1.54) is 0 Å². The highest BCUT2D eigenvalue weighted by molar-refractivity contribution is 7.98. The SMILES string of the molecule is N/C(=N\O)c1ccc(CSCCO)cc1. The van der Waals surface area contributed by atoms with Crippen LogP contribution >= 0.6 is 11.8 Å². The molecule has 0 atom stereocenters. The normalized spacial score (nSPS) is 11.7. The summed E-state index contributed by atoms with van der Waals surface area (Å²) in [4.78, 5) is 0. The highest BCUT2D eigenvalue weighted by Crippen LogP contribution is 2.12. The maximum Gasteiger partial charge on any atom is 0.170 e. The minimum Gasteiger partial charge on any atom is -0.409 e. The van der Waals surface area contributed by atoms with Crippen molar-refractivity contribution in [2.75, 3.05) is 12.4 Å². The lowest BCUT2D eigenvalue weighted by molar-refractivity contribution is 0.318. The number of thioether (sulfide) groups is 1. The number of amidine groups is 1. The van der Waals surface area contributed by atoms with Crippen LogP contribution in [0.3, 0.4) is 0 Å². The zero-order chi connectivity index (χ0) is 11.1. The largest absolute Gasteiger partial charge is 0.409 e. The van der Waals surface area contributed by atoms with Gasteiger partial charge in [-0.1, -0.05) is 29.4 Å². The molecule has 1 aromatic rings. The Kier molecular flexibility index (Phi) is 5.00. The van der Waals surface area contributed by atoms with E-state index < -0.39 is 0 Å². The third-order valence-corrected chi connectivity index (χ3v) is 2.87. The fourth-order valence-corrected chi connectivity index (χ4v) is 1.79. The number of rotatable bonds is 5. The topological polar surface area (TPSA) is 78.8 Å². The summed E-state index contributed by atoms with van der Waals surface area (Å²) in [5, 5.41) is 20.0. The van der Waals surface area contributed by atoms with E-state index in [4.69, 9.17) is 16.0 Å². The zero-order valence-corrected chi connectivity index (χ0v) is 9.07. The Morgan fingerprint density at radius 3 is 2.53 bits per heavy atom. The molecule has 0 spiro atoms. The molecule has 0 unspecified atom stereocenters. The van der Waals surface area contributed by atoms with Crippen molar-refractivity contribution in [3.05, 3.63) is 35.4 Å². The number of nitrogens with two attached hydrogens (primary N) is 1. The number of hydrogen-bond donors (Lipinski definition) is 3. The maximum absolute atomic E-state index is 8.61. The van der Waals surface area contributed by atoms with E-state index in [-0.39, 0.29) is 12.4 Å². The summed E-state index contributed by atoms with van der Waals surface area (Å²) in [6.07, 6.45) is 0. The summed E-state index contributed by atoms with van der Waals surface area (Å²) in [5.74, 6) is 1.71. The fraction of sp³-hybridized carbons (Fsp3) is 0.300. The second-order valence-electron chi connectivity index (χ2n) is 2.96. The average molecular weight is 226 g/mol. The van der Waals surface area contributed by atoms with E-state index in [0.29, 0.717) is 5.56 Å². The van der Waals surface area contributed by atoms with Crippen LogP contribution in [0.1, 0.15) is 11.1 Å². The highest BCUT2D eigenvalue weighted by atomic mass is 32.2. The standard InChI is InChI=1S/C10H14N2O2S/c11-10(12-14)9-3-1-8(2-4-9)7-15-6-5-13/h1-4,13-14H,5-7H2,(H2,11,12). The minimum atomic E-state index is 0.115. The number of benzene rings is 1. The summed E-state index contributed by atoms with van der Waals surface area (Å²) >= 11 is 1.67. The van der Waals surface area contributed by atoms with Crippen LogP contribution in [0.5, 0.6) is 0 Å². The van der Waals surface area contributed by atoms with Crippen molar-refractivity contribution in [1.29, 1.82) is 0 Å². The smallest absolute Gasteiger partial charge is 0.170 e. The molecule has 4 N–H and O–H groups in total. The van der Waals surface area contributed by atoms with Gasteiger partial charge in [-0.2, -0.15) is 11.8 Å². The summed E-state index contributed by atoms with van der Waals surface area (Å²) in [6, 6.07) is 7.48. The molecule has 0 bridgehead atoms. The van der Waals surface area contributed by atoms with Crippen molar-refractivity contribution in [3.8, 4) is 0 Å². The van der Waals surface area contributed by atoms with Gasteiger partial charge in [0, 0.05) is 17.1 Å². The molecule has 0 heterocycles. The number of hydrogen-bond acceptors (Lipinski definition) is 4. The zero-order valence-electron chi connectivity index (χ0n) is 8.26. The fourth-order valence-electron chi connectivity index (χ4n) is 1.08. The predicted octanol–water partition coefficient (Wildman–Crippen LogP) is 1.01. The molecule has 0 fully saturated rings.